The summed E-state index contributed by atoms with van der Waals surface area (Å²) >= 11 is 0. The number of fused-ring (bicyclic) bond motifs is 1. The normalized spacial score (nSPS) is 20.7. The van der Waals surface area contributed by atoms with Crippen molar-refractivity contribution in [3.8, 4) is 11.5 Å². The Morgan fingerprint density at radius 3 is 2.72 bits per heavy atom. The first-order chi connectivity index (χ1) is 14.1. The van der Waals surface area contributed by atoms with E-state index < -0.39 is 6.04 Å². The molecule has 1 aliphatic heterocycles. The maximum Gasteiger partial charge on any atom is 0.226 e. The molecule has 7 nitrogen and oxygen atoms in total. The molecule has 29 heavy (non-hydrogen) atoms. The van der Waals surface area contributed by atoms with Gasteiger partial charge in [0.15, 0.2) is 5.78 Å². The molecule has 0 amide bonds. The first-order valence-corrected chi connectivity index (χ1v) is 9.49. The van der Waals surface area contributed by atoms with Crippen LogP contribution < -0.4 is 10.1 Å². The summed E-state index contributed by atoms with van der Waals surface area (Å²) in [5.41, 5.74) is 3.48. The van der Waals surface area contributed by atoms with Crippen molar-refractivity contribution in [1.82, 2.24) is 14.8 Å². The van der Waals surface area contributed by atoms with E-state index in [-0.39, 0.29) is 17.5 Å². The van der Waals surface area contributed by atoms with E-state index in [4.69, 9.17) is 4.74 Å². The summed E-state index contributed by atoms with van der Waals surface area (Å²) < 4.78 is 6.95. The number of ketones is 1. The molecule has 7 heteroatoms. The SMILES string of the molecule is COc1ccc([C@H]2CC(=O)C3=C(C2)Nc2ncnn2[C@H]3c2cccc(O)c2)cc1. The Morgan fingerprint density at radius 2 is 1.97 bits per heavy atom. The summed E-state index contributed by atoms with van der Waals surface area (Å²) in [4.78, 5) is 17.6. The zero-order valence-corrected chi connectivity index (χ0v) is 15.9. The molecule has 0 radical (unpaired) electrons. The number of anilines is 1. The first-order valence-electron chi connectivity index (χ1n) is 9.49. The molecule has 0 saturated carbocycles. The van der Waals surface area contributed by atoms with Crippen LogP contribution in [-0.2, 0) is 4.79 Å². The third-order valence-electron chi connectivity index (χ3n) is 5.63. The van der Waals surface area contributed by atoms with Crippen molar-refractivity contribution in [3.05, 3.63) is 77.3 Å². The summed E-state index contributed by atoms with van der Waals surface area (Å²) in [5.74, 6) is 1.71. The molecule has 2 aliphatic rings. The Balaban J connectivity index is 1.56. The Morgan fingerprint density at radius 1 is 1.14 bits per heavy atom. The number of methoxy groups -OCH3 is 1. The molecule has 0 fully saturated rings. The number of Topliss-reactive ketones (excluding diaryl/α,β-unsaturated/α-hetero) is 1. The largest absolute Gasteiger partial charge is 0.508 e. The monoisotopic (exact) mass is 388 g/mol. The molecule has 1 aromatic heterocycles. The van der Waals surface area contributed by atoms with Gasteiger partial charge in [0.2, 0.25) is 5.95 Å². The van der Waals surface area contributed by atoms with Crippen LogP contribution >= 0.6 is 0 Å². The van der Waals surface area contributed by atoms with Gasteiger partial charge < -0.3 is 15.2 Å². The van der Waals surface area contributed by atoms with Crippen LogP contribution in [0.5, 0.6) is 11.5 Å². The van der Waals surface area contributed by atoms with Crippen LogP contribution in [-0.4, -0.2) is 32.8 Å². The van der Waals surface area contributed by atoms with Crippen molar-refractivity contribution in [2.24, 2.45) is 0 Å². The number of nitrogens with zero attached hydrogens (tertiary/aromatic N) is 3. The summed E-state index contributed by atoms with van der Waals surface area (Å²) in [6, 6.07) is 14.4. The fourth-order valence-electron chi connectivity index (χ4n) is 4.27. The molecule has 3 aromatic rings. The minimum Gasteiger partial charge on any atom is -0.508 e. The van der Waals surface area contributed by atoms with Crippen LogP contribution in [0.1, 0.15) is 35.9 Å². The van der Waals surface area contributed by atoms with Crippen LogP contribution in [0.15, 0.2) is 66.1 Å². The van der Waals surface area contributed by atoms with Gasteiger partial charge in [0.25, 0.3) is 0 Å². The molecule has 0 spiro atoms. The van der Waals surface area contributed by atoms with E-state index in [1.807, 2.05) is 30.3 Å². The van der Waals surface area contributed by atoms with Gasteiger partial charge in [-0.1, -0.05) is 24.3 Å². The molecule has 2 atom stereocenters. The van der Waals surface area contributed by atoms with Crippen molar-refractivity contribution in [2.75, 3.05) is 12.4 Å². The predicted molar refractivity (Wildman–Crippen MR) is 107 cm³/mol. The Kier molecular flexibility index (Phi) is 4.08. The molecule has 0 unspecified atom stereocenters. The highest BCUT2D eigenvalue weighted by atomic mass is 16.5. The lowest BCUT2D eigenvalue weighted by Gasteiger charge is -2.35. The van der Waals surface area contributed by atoms with E-state index in [0.29, 0.717) is 24.4 Å². The number of rotatable bonds is 3. The molecular weight excluding hydrogens is 368 g/mol. The van der Waals surface area contributed by atoms with Gasteiger partial charge in [0.1, 0.15) is 23.9 Å². The fourth-order valence-corrected chi connectivity index (χ4v) is 4.27. The van der Waals surface area contributed by atoms with Gasteiger partial charge in [-0.15, -0.1) is 0 Å². The lowest BCUT2D eigenvalue weighted by molar-refractivity contribution is -0.116. The van der Waals surface area contributed by atoms with Crippen molar-refractivity contribution in [1.29, 1.82) is 0 Å². The molecule has 5 rings (SSSR count). The number of hydrogen-bond donors (Lipinski definition) is 2. The van der Waals surface area contributed by atoms with Crippen LogP contribution in [0.4, 0.5) is 5.95 Å². The van der Waals surface area contributed by atoms with Gasteiger partial charge in [0, 0.05) is 17.7 Å². The van der Waals surface area contributed by atoms with Gasteiger partial charge >= 0.3 is 0 Å². The number of aromatic hydroxyl groups is 1. The molecule has 0 saturated heterocycles. The second-order valence-corrected chi connectivity index (χ2v) is 7.34. The number of carbonyl (C=O) groups excluding carboxylic acids is 1. The highest BCUT2D eigenvalue weighted by Crippen LogP contribution is 2.44. The van der Waals surface area contributed by atoms with Gasteiger partial charge in [-0.05, 0) is 47.7 Å². The highest BCUT2D eigenvalue weighted by molar-refractivity contribution is 6.00. The molecular formula is C22H20N4O3. The van der Waals surface area contributed by atoms with E-state index in [2.05, 4.69) is 15.4 Å². The molecule has 146 valence electrons. The van der Waals surface area contributed by atoms with E-state index in [0.717, 1.165) is 22.6 Å². The quantitative estimate of drug-likeness (QED) is 0.715. The minimum absolute atomic E-state index is 0.0778. The van der Waals surface area contributed by atoms with Crippen molar-refractivity contribution in [3.63, 3.8) is 0 Å². The average Bonchev–Trinajstić information content (AvgIpc) is 3.20. The minimum atomic E-state index is -0.403. The van der Waals surface area contributed by atoms with Crippen LogP contribution in [0.25, 0.3) is 0 Å². The Bertz CT molecular complexity index is 1120. The van der Waals surface area contributed by atoms with E-state index in [1.165, 1.54) is 6.33 Å². The van der Waals surface area contributed by atoms with Gasteiger partial charge in [-0.3, -0.25) is 4.79 Å². The summed E-state index contributed by atoms with van der Waals surface area (Å²) in [7, 11) is 1.64. The standard InChI is InChI=1S/C22H20N4O3/c1-29-17-7-5-13(6-8-17)15-10-18-20(19(28)11-15)21(14-3-2-4-16(27)9-14)26-22(25-18)23-12-24-26/h2-9,12,15,21,27H,10-11H2,1H3,(H,23,24,25)/t15-,21+/m1/s1. The summed E-state index contributed by atoms with van der Waals surface area (Å²) in [6.45, 7) is 0. The maximum atomic E-state index is 13.3. The maximum absolute atomic E-state index is 13.3. The van der Waals surface area contributed by atoms with E-state index >= 15 is 0 Å². The van der Waals surface area contributed by atoms with Crippen LogP contribution in [0.3, 0.4) is 0 Å². The second-order valence-electron chi connectivity index (χ2n) is 7.34. The number of allylic oxidation sites excluding steroid dienone is 2. The second kappa shape index (κ2) is 6.77. The first kappa shape index (κ1) is 17.5. The smallest absolute Gasteiger partial charge is 0.226 e. The Hall–Kier alpha value is -3.61. The number of hydrogen-bond acceptors (Lipinski definition) is 6. The van der Waals surface area contributed by atoms with Gasteiger partial charge in [-0.25, -0.2) is 4.68 Å². The summed E-state index contributed by atoms with van der Waals surface area (Å²) in [5, 5.41) is 17.6. The van der Waals surface area contributed by atoms with Gasteiger partial charge in [-0.2, -0.15) is 10.1 Å². The van der Waals surface area contributed by atoms with Crippen LogP contribution in [0, 0.1) is 0 Å². The lowest BCUT2D eigenvalue weighted by Crippen LogP contribution is -2.33. The third kappa shape index (κ3) is 2.95. The number of nitrogens with one attached hydrogen (secondary N) is 1. The van der Waals surface area contributed by atoms with Crippen LogP contribution in [0.2, 0.25) is 0 Å². The van der Waals surface area contributed by atoms with E-state index in [1.54, 1.807) is 30.0 Å². The van der Waals surface area contributed by atoms with Crippen molar-refractivity contribution < 1.29 is 14.6 Å². The number of ether oxygens (including phenoxy) is 1. The van der Waals surface area contributed by atoms with Crippen molar-refractivity contribution in [2.45, 2.75) is 24.8 Å². The molecule has 0 bridgehead atoms. The molecule has 2 N–H and O–H groups in total. The number of phenols is 1. The topological polar surface area (TPSA) is 89.3 Å². The van der Waals surface area contributed by atoms with E-state index in [9.17, 15) is 9.90 Å². The lowest BCUT2D eigenvalue weighted by atomic mass is 9.78. The average molecular weight is 388 g/mol. The molecule has 2 heterocycles. The molecule has 2 aromatic carbocycles. The number of carbonyl (C=O) groups is 1. The summed E-state index contributed by atoms with van der Waals surface area (Å²) in [6.07, 6.45) is 2.60. The zero-order chi connectivity index (χ0) is 20.0. The Labute approximate surface area is 167 Å². The van der Waals surface area contributed by atoms with Gasteiger partial charge in [0.05, 0.1) is 7.11 Å². The zero-order valence-electron chi connectivity index (χ0n) is 15.9. The number of phenolic OH excluding ortho intramolecular Hbond substituents is 1. The number of benzene rings is 2. The third-order valence-corrected chi connectivity index (χ3v) is 5.63. The molecule has 1 aliphatic carbocycles. The fraction of sp³-hybridized carbons (Fsp3) is 0.227. The number of aromatic nitrogens is 3. The van der Waals surface area contributed by atoms with Crippen molar-refractivity contribution >= 4 is 11.7 Å². The predicted octanol–water partition coefficient (Wildman–Crippen LogP) is 3.41. The highest BCUT2D eigenvalue weighted by Gasteiger charge is 2.39.